The SMILES string of the molecule is Brc1ccnc2[nH]ncc12.C1CCOC1.Cn1cc2c(Br)ccnc2n1. The van der Waals surface area contributed by atoms with Crippen LogP contribution in [0.25, 0.3) is 22.1 Å². The summed E-state index contributed by atoms with van der Waals surface area (Å²) in [6, 6.07) is 3.79. The number of ether oxygens (including phenoxy) is 1. The van der Waals surface area contributed by atoms with Crippen molar-refractivity contribution in [3.63, 3.8) is 0 Å². The molecule has 1 N–H and O–H groups in total. The maximum absolute atomic E-state index is 4.94. The van der Waals surface area contributed by atoms with E-state index in [1.54, 1.807) is 23.3 Å². The molecular weight excluding hydrogens is 464 g/mol. The van der Waals surface area contributed by atoms with Crippen molar-refractivity contribution in [3.05, 3.63) is 45.9 Å². The Bertz CT molecular complexity index is 972. The molecule has 0 aliphatic carbocycles. The molecule has 0 aromatic carbocycles. The third kappa shape index (κ3) is 4.87. The van der Waals surface area contributed by atoms with Crippen molar-refractivity contribution in [2.75, 3.05) is 13.2 Å². The zero-order valence-corrected chi connectivity index (χ0v) is 17.4. The Labute approximate surface area is 167 Å². The Balaban J connectivity index is 0.000000121. The van der Waals surface area contributed by atoms with Gasteiger partial charge in [0.2, 0.25) is 0 Å². The number of fused-ring (bicyclic) bond motifs is 2. The van der Waals surface area contributed by atoms with Crippen LogP contribution in [0.15, 0.2) is 45.9 Å². The Morgan fingerprint density at radius 3 is 2.35 bits per heavy atom. The molecule has 0 atom stereocenters. The van der Waals surface area contributed by atoms with Crippen molar-refractivity contribution in [1.29, 1.82) is 0 Å². The van der Waals surface area contributed by atoms with E-state index in [1.807, 2.05) is 25.4 Å². The fourth-order valence-corrected chi connectivity index (χ4v) is 3.14. The lowest BCUT2D eigenvalue weighted by Gasteiger charge is -1.88. The van der Waals surface area contributed by atoms with Crippen molar-refractivity contribution in [3.8, 4) is 0 Å². The minimum absolute atomic E-state index is 0.780. The van der Waals surface area contributed by atoms with Gasteiger partial charge in [-0.3, -0.25) is 9.78 Å². The van der Waals surface area contributed by atoms with Gasteiger partial charge in [0.05, 0.1) is 17.0 Å². The van der Waals surface area contributed by atoms with Crippen LogP contribution in [0.1, 0.15) is 12.8 Å². The van der Waals surface area contributed by atoms with Crippen molar-refractivity contribution in [1.82, 2.24) is 29.9 Å². The highest BCUT2D eigenvalue weighted by molar-refractivity contribution is 9.11. The van der Waals surface area contributed by atoms with Crippen molar-refractivity contribution >= 4 is 53.9 Å². The zero-order valence-electron chi connectivity index (χ0n) is 14.2. The van der Waals surface area contributed by atoms with Gasteiger partial charge in [-0.05, 0) is 56.8 Å². The molecule has 0 spiro atoms. The fraction of sp³-hybridized carbons (Fsp3) is 0.294. The topological polar surface area (TPSA) is 81.5 Å². The Morgan fingerprint density at radius 1 is 1.04 bits per heavy atom. The predicted molar refractivity (Wildman–Crippen MR) is 108 cm³/mol. The van der Waals surface area contributed by atoms with E-state index >= 15 is 0 Å². The standard InChI is InChI=1S/C7H6BrN3.C6H4BrN3.C4H8O/c1-11-4-5-6(8)2-3-9-7(5)10-11;7-5-1-2-8-6-4(5)3-9-10-6;1-2-4-5-3-1/h2-4H,1H3;1-3H,(H,8,9,10);1-4H2. The van der Waals surface area contributed by atoms with Gasteiger partial charge in [0, 0.05) is 47.8 Å². The predicted octanol–water partition coefficient (Wildman–Crippen LogP) is 4.25. The second kappa shape index (κ2) is 9.20. The van der Waals surface area contributed by atoms with E-state index in [2.05, 4.69) is 57.1 Å². The van der Waals surface area contributed by atoms with Gasteiger partial charge < -0.3 is 4.74 Å². The van der Waals surface area contributed by atoms with Crippen LogP contribution in [0.5, 0.6) is 0 Å². The molecule has 136 valence electrons. The molecule has 1 saturated heterocycles. The summed E-state index contributed by atoms with van der Waals surface area (Å²) in [6.45, 7) is 2.00. The van der Waals surface area contributed by atoms with Crippen molar-refractivity contribution in [2.45, 2.75) is 12.8 Å². The molecule has 0 unspecified atom stereocenters. The summed E-state index contributed by atoms with van der Waals surface area (Å²) in [4.78, 5) is 8.15. The van der Waals surface area contributed by atoms with Crippen molar-refractivity contribution in [2.24, 2.45) is 7.05 Å². The molecule has 4 aromatic rings. The summed E-state index contributed by atoms with van der Waals surface area (Å²) < 4.78 is 8.75. The highest BCUT2D eigenvalue weighted by Crippen LogP contribution is 2.20. The molecule has 0 radical (unpaired) electrons. The van der Waals surface area contributed by atoms with E-state index in [0.717, 1.165) is 44.2 Å². The minimum Gasteiger partial charge on any atom is -0.381 e. The lowest BCUT2D eigenvalue weighted by atomic mass is 10.4. The first-order chi connectivity index (χ1) is 12.6. The molecule has 26 heavy (non-hydrogen) atoms. The van der Waals surface area contributed by atoms with E-state index < -0.39 is 0 Å². The number of nitrogens with one attached hydrogen (secondary N) is 1. The van der Waals surface area contributed by atoms with Gasteiger partial charge in [-0.25, -0.2) is 9.97 Å². The average molecular weight is 482 g/mol. The van der Waals surface area contributed by atoms with E-state index in [4.69, 9.17) is 4.74 Å². The molecule has 1 fully saturated rings. The molecule has 4 aromatic heterocycles. The van der Waals surface area contributed by atoms with E-state index in [1.165, 1.54) is 12.8 Å². The normalized spacial score (nSPS) is 13.2. The molecule has 9 heteroatoms. The van der Waals surface area contributed by atoms with Crippen LogP contribution in [0.4, 0.5) is 0 Å². The monoisotopic (exact) mass is 480 g/mol. The maximum atomic E-state index is 4.94. The molecule has 0 bridgehead atoms. The summed E-state index contributed by atoms with van der Waals surface area (Å²) in [5.74, 6) is 0. The van der Waals surface area contributed by atoms with Gasteiger partial charge in [-0.1, -0.05) is 0 Å². The summed E-state index contributed by atoms with van der Waals surface area (Å²) in [5.41, 5.74) is 1.59. The van der Waals surface area contributed by atoms with Gasteiger partial charge in [-0.15, -0.1) is 0 Å². The zero-order chi connectivity index (χ0) is 18.4. The third-order valence-electron chi connectivity index (χ3n) is 3.61. The molecule has 0 amide bonds. The van der Waals surface area contributed by atoms with Crippen LogP contribution in [-0.2, 0) is 11.8 Å². The molecule has 5 rings (SSSR count). The number of aromatic amines is 1. The number of H-pyrrole nitrogens is 1. The first-order valence-corrected chi connectivity index (χ1v) is 9.69. The highest BCUT2D eigenvalue weighted by Gasteiger charge is 2.01. The van der Waals surface area contributed by atoms with Gasteiger partial charge in [0.25, 0.3) is 0 Å². The van der Waals surface area contributed by atoms with Gasteiger partial charge >= 0.3 is 0 Å². The van der Waals surface area contributed by atoms with Crippen LogP contribution >= 0.6 is 31.9 Å². The molecule has 5 heterocycles. The Hall–Kier alpha value is -1.84. The van der Waals surface area contributed by atoms with E-state index in [9.17, 15) is 0 Å². The lowest BCUT2D eigenvalue weighted by molar-refractivity contribution is 0.198. The van der Waals surface area contributed by atoms with Crippen LogP contribution in [0.2, 0.25) is 0 Å². The van der Waals surface area contributed by atoms with Gasteiger partial charge in [0.15, 0.2) is 11.3 Å². The summed E-state index contributed by atoms with van der Waals surface area (Å²) in [5, 5.41) is 12.8. The smallest absolute Gasteiger partial charge is 0.182 e. The number of aromatic nitrogens is 6. The molecule has 0 saturated carbocycles. The summed E-state index contributed by atoms with van der Waals surface area (Å²) in [7, 11) is 1.88. The average Bonchev–Trinajstić information content (AvgIpc) is 3.38. The molecule has 1 aliphatic heterocycles. The van der Waals surface area contributed by atoms with E-state index in [-0.39, 0.29) is 0 Å². The summed E-state index contributed by atoms with van der Waals surface area (Å²) >= 11 is 6.79. The lowest BCUT2D eigenvalue weighted by Crippen LogP contribution is -1.85. The molecule has 1 aliphatic rings. The minimum atomic E-state index is 0.780. The highest BCUT2D eigenvalue weighted by atomic mass is 79.9. The van der Waals surface area contributed by atoms with Crippen LogP contribution in [-0.4, -0.2) is 43.2 Å². The van der Waals surface area contributed by atoms with Crippen LogP contribution in [0.3, 0.4) is 0 Å². The van der Waals surface area contributed by atoms with E-state index in [0.29, 0.717) is 0 Å². The number of nitrogens with zero attached hydrogens (tertiary/aromatic N) is 5. The van der Waals surface area contributed by atoms with Crippen LogP contribution in [0, 0.1) is 0 Å². The number of rotatable bonds is 0. The van der Waals surface area contributed by atoms with Gasteiger partial charge in [-0.2, -0.15) is 10.2 Å². The molecule has 7 nitrogen and oxygen atoms in total. The van der Waals surface area contributed by atoms with Crippen molar-refractivity contribution < 1.29 is 4.74 Å². The number of pyridine rings is 2. The van der Waals surface area contributed by atoms with Crippen LogP contribution < -0.4 is 0 Å². The Kier molecular flexibility index (Phi) is 6.70. The number of aryl methyl sites for hydroxylation is 1. The number of halogens is 2. The summed E-state index contributed by atoms with van der Waals surface area (Å²) in [6.07, 6.45) is 9.70. The quantitative estimate of drug-likeness (QED) is 0.406. The third-order valence-corrected chi connectivity index (χ3v) is 5.00. The Morgan fingerprint density at radius 2 is 1.73 bits per heavy atom. The first-order valence-electron chi connectivity index (χ1n) is 8.10. The second-order valence-electron chi connectivity index (χ2n) is 5.58. The molecular formula is C17H18Br2N6O. The number of hydrogen-bond donors (Lipinski definition) is 1. The first kappa shape index (κ1) is 18.9. The number of hydrogen-bond acceptors (Lipinski definition) is 5. The second-order valence-corrected chi connectivity index (χ2v) is 7.29. The largest absolute Gasteiger partial charge is 0.381 e. The fourth-order valence-electron chi connectivity index (χ4n) is 2.33. The maximum Gasteiger partial charge on any atom is 0.182 e. The van der Waals surface area contributed by atoms with Gasteiger partial charge in [0.1, 0.15) is 0 Å².